The lowest BCUT2D eigenvalue weighted by Gasteiger charge is -2.20. The number of nitrogens with one attached hydrogen (secondary N) is 2. The van der Waals surface area contributed by atoms with E-state index in [9.17, 15) is 14.0 Å². The van der Waals surface area contributed by atoms with E-state index in [0.29, 0.717) is 35.1 Å². The van der Waals surface area contributed by atoms with Crippen LogP contribution in [0.2, 0.25) is 0 Å². The molecule has 1 aromatic heterocycles. The zero-order chi connectivity index (χ0) is 25.3. The highest BCUT2D eigenvalue weighted by atomic mass is 19.1. The highest BCUT2D eigenvalue weighted by Gasteiger charge is 2.34. The van der Waals surface area contributed by atoms with Crippen LogP contribution in [0.4, 0.5) is 20.7 Å². The maximum Gasteiger partial charge on any atom is 0.343 e. The summed E-state index contributed by atoms with van der Waals surface area (Å²) in [6, 6.07) is 8.15. The van der Waals surface area contributed by atoms with E-state index in [4.69, 9.17) is 14.2 Å². The quantitative estimate of drug-likeness (QED) is 0.382. The molecule has 0 saturated heterocycles. The Labute approximate surface area is 202 Å². The number of aromatic nitrogens is 2. The van der Waals surface area contributed by atoms with Crippen molar-refractivity contribution < 1.29 is 28.2 Å². The largest absolute Gasteiger partial charge is 0.493 e. The maximum absolute atomic E-state index is 13.8. The van der Waals surface area contributed by atoms with Crippen LogP contribution in [-0.2, 0) is 16.0 Å². The number of hydrogen-bond acceptors (Lipinski definition) is 7. The molecule has 0 aliphatic heterocycles. The number of amides is 1. The second-order valence-corrected chi connectivity index (χ2v) is 8.46. The summed E-state index contributed by atoms with van der Waals surface area (Å²) in [5, 5.41) is 10.3. The molecule has 35 heavy (non-hydrogen) atoms. The number of anilines is 2. The molecule has 3 aromatic rings. The van der Waals surface area contributed by atoms with Crippen LogP contribution in [0.15, 0.2) is 36.4 Å². The van der Waals surface area contributed by atoms with Gasteiger partial charge in [0.1, 0.15) is 11.9 Å². The summed E-state index contributed by atoms with van der Waals surface area (Å²) in [5.74, 6) is 0.291. The summed E-state index contributed by atoms with van der Waals surface area (Å²) in [7, 11) is 4.36. The molecule has 2 N–H and O–H groups in total. The van der Waals surface area contributed by atoms with Gasteiger partial charge in [-0.15, -0.1) is 5.10 Å². The second-order valence-electron chi connectivity index (χ2n) is 8.46. The van der Waals surface area contributed by atoms with Crippen molar-refractivity contribution in [3.8, 4) is 22.8 Å². The number of esters is 1. The summed E-state index contributed by atoms with van der Waals surface area (Å²) < 4.78 is 30.7. The van der Waals surface area contributed by atoms with Crippen molar-refractivity contribution >= 4 is 23.5 Å². The van der Waals surface area contributed by atoms with Crippen molar-refractivity contribution in [2.45, 2.75) is 26.3 Å². The maximum atomic E-state index is 13.8. The number of nitrogens with zero attached hydrogens (tertiary/aromatic N) is 2. The Balaban J connectivity index is 1.81. The number of halogens is 1. The average molecular weight is 483 g/mol. The number of benzene rings is 2. The lowest BCUT2D eigenvalue weighted by atomic mass is 10.1. The molecule has 0 saturated carbocycles. The molecular formula is C25H27FN4O5. The fourth-order valence-electron chi connectivity index (χ4n) is 4.14. The van der Waals surface area contributed by atoms with Gasteiger partial charge in [-0.25, -0.2) is 14.0 Å². The Morgan fingerprint density at radius 3 is 2.43 bits per heavy atom. The zero-order valence-electron chi connectivity index (χ0n) is 20.1. The van der Waals surface area contributed by atoms with Gasteiger partial charge in [-0.05, 0) is 41.8 Å². The first kappa shape index (κ1) is 24.1. The molecule has 0 spiro atoms. The predicted molar refractivity (Wildman–Crippen MR) is 128 cm³/mol. The zero-order valence-corrected chi connectivity index (χ0v) is 20.1. The van der Waals surface area contributed by atoms with E-state index in [1.54, 1.807) is 39.2 Å². The summed E-state index contributed by atoms with van der Waals surface area (Å²) in [4.78, 5) is 25.6. The molecule has 1 heterocycles. The molecule has 184 valence electrons. The topological polar surface area (TPSA) is 104 Å². The van der Waals surface area contributed by atoms with Crippen molar-refractivity contribution in [2.24, 2.45) is 5.92 Å². The normalized spacial score (nSPS) is 12.5. The molecule has 10 heteroatoms. The predicted octanol–water partition coefficient (Wildman–Crippen LogP) is 4.11. The van der Waals surface area contributed by atoms with E-state index in [1.807, 2.05) is 6.07 Å². The van der Waals surface area contributed by atoms with E-state index in [1.165, 1.54) is 31.0 Å². The summed E-state index contributed by atoms with van der Waals surface area (Å²) in [5.41, 5.74) is 3.43. The van der Waals surface area contributed by atoms with Crippen LogP contribution in [0.3, 0.4) is 0 Å². The molecular weight excluding hydrogens is 455 g/mol. The van der Waals surface area contributed by atoms with E-state index in [2.05, 4.69) is 15.7 Å². The van der Waals surface area contributed by atoms with Gasteiger partial charge in [0, 0.05) is 23.2 Å². The number of ether oxygens (including phenoxy) is 3. The number of carbonyl (C=O) groups is 2. The molecule has 1 atom stereocenters. The van der Waals surface area contributed by atoms with Gasteiger partial charge < -0.3 is 24.8 Å². The van der Waals surface area contributed by atoms with E-state index < -0.39 is 23.9 Å². The minimum Gasteiger partial charge on any atom is -0.493 e. The number of hydrogen-bond donors (Lipinski definition) is 2. The molecule has 1 amide bonds. The number of carbonyl (C=O) groups excluding carboxylic acids is 2. The summed E-state index contributed by atoms with van der Waals surface area (Å²) in [6.45, 7) is 3.61. The minimum absolute atomic E-state index is 0.212. The third kappa shape index (κ3) is 4.51. The average Bonchev–Trinajstić information content (AvgIpc) is 3.37. The Hall–Kier alpha value is -4.08. The number of rotatable bonds is 7. The SMILES string of the molecule is COC(=O)C(NC(=O)n1nc(Nc2cccc(F)c2)c2c1-c1cc(OC)c(OC)cc1C2)C(C)C. The molecule has 9 nitrogen and oxygen atoms in total. The Bertz CT molecular complexity index is 1290. The van der Waals surface area contributed by atoms with Crippen molar-refractivity contribution in [2.75, 3.05) is 26.6 Å². The van der Waals surface area contributed by atoms with Gasteiger partial charge in [-0.2, -0.15) is 4.68 Å². The summed E-state index contributed by atoms with van der Waals surface area (Å²) >= 11 is 0. The van der Waals surface area contributed by atoms with Gasteiger partial charge in [0.15, 0.2) is 17.3 Å². The molecule has 4 rings (SSSR count). The fourth-order valence-corrected chi connectivity index (χ4v) is 4.14. The van der Waals surface area contributed by atoms with Gasteiger partial charge in [0.25, 0.3) is 0 Å². The first-order valence-electron chi connectivity index (χ1n) is 11.1. The van der Waals surface area contributed by atoms with Crippen molar-refractivity contribution in [1.82, 2.24) is 15.1 Å². The van der Waals surface area contributed by atoms with Crippen molar-refractivity contribution in [1.29, 1.82) is 0 Å². The molecule has 0 fully saturated rings. The molecule has 0 radical (unpaired) electrons. The van der Waals surface area contributed by atoms with Crippen LogP contribution in [-0.4, -0.2) is 49.2 Å². The van der Waals surface area contributed by atoms with Gasteiger partial charge in [-0.3, -0.25) is 0 Å². The Morgan fingerprint density at radius 2 is 1.80 bits per heavy atom. The van der Waals surface area contributed by atoms with Crippen LogP contribution >= 0.6 is 0 Å². The van der Waals surface area contributed by atoms with Gasteiger partial charge in [0.2, 0.25) is 0 Å². The molecule has 1 unspecified atom stereocenters. The molecule has 0 bridgehead atoms. The van der Waals surface area contributed by atoms with Gasteiger partial charge in [-0.1, -0.05) is 19.9 Å². The van der Waals surface area contributed by atoms with Gasteiger partial charge >= 0.3 is 12.0 Å². The molecule has 2 aromatic carbocycles. The smallest absolute Gasteiger partial charge is 0.343 e. The highest BCUT2D eigenvalue weighted by molar-refractivity contribution is 5.92. The standard InChI is InChI=1S/C25H27FN4O5/c1-13(2)21(24(31)35-5)28-25(32)30-22-17-12-20(34-4)19(33-3)10-14(17)9-18(22)23(29-30)27-16-8-6-7-15(26)11-16/h6-8,10-13,21H,9H2,1-5H3,(H,27,29)(H,28,32). The molecule has 1 aliphatic rings. The highest BCUT2D eigenvalue weighted by Crippen LogP contribution is 2.45. The Kier molecular flexibility index (Phi) is 6.63. The number of fused-ring (bicyclic) bond motifs is 3. The van der Waals surface area contributed by atoms with Crippen LogP contribution in [0, 0.1) is 11.7 Å². The number of methoxy groups -OCH3 is 3. The fraction of sp³-hybridized carbons (Fsp3) is 0.320. The van der Waals surface area contributed by atoms with Crippen LogP contribution in [0.25, 0.3) is 11.3 Å². The monoisotopic (exact) mass is 482 g/mol. The van der Waals surface area contributed by atoms with E-state index >= 15 is 0 Å². The van der Waals surface area contributed by atoms with Crippen LogP contribution in [0.5, 0.6) is 11.5 Å². The molecule has 1 aliphatic carbocycles. The van der Waals surface area contributed by atoms with E-state index in [-0.39, 0.29) is 5.92 Å². The van der Waals surface area contributed by atoms with Crippen LogP contribution < -0.4 is 20.1 Å². The first-order chi connectivity index (χ1) is 16.8. The lowest BCUT2D eigenvalue weighted by Crippen LogP contribution is -2.47. The Morgan fingerprint density at radius 1 is 1.09 bits per heavy atom. The second kappa shape index (κ2) is 9.65. The summed E-state index contributed by atoms with van der Waals surface area (Å²) in [6.07, 6.45) is 0.459. The van der Waals surface area contributed by atoms with Crippen molar-refractivity contribution in [3.63, 3.8) is 0 Å². The minimum atomic E-state index is -0.863. The first-order valence-corrected chi connectivity index (χ1v) is 11.1. The van der Waals surface area contributed by atoms with Crippen molar-refractivity contribution in [3.05, 3.63) is 53.3 Å². The third-order valence-corrected chi connectivity index (χ3v) is 5.90. The van der Waals surface area contributed by atoms with Crippen LogP contribution in [0.1, 0.15) is 25.0 Å². The van der Waals surface area contributed by atoms with E-state index in [0.717, 1.165) is 16.7 Å². The van der Waals surface area contributed by atoms with Gasteiger partial charge in [0.05, 0.1) is 27.0 Å². The lowest BCUT2D eigenvalue weighted by molar-refractivity contribution is -0.143. The third-order valence-electron chi connectivity index (χ3n) is 5.90.